The van der Waals surface area contributed by atoms with E-state index >= 15 is 0 Å². The molecule has 1 fully saturated rings. The largest absolute Gasteiger partial charge is 0.469 e. The molecule has 1 heterocycles. The van der Waals surface area contributed by atoms with Crippen molar-refractivity contribution in [2.75, 3.05) is 7.11 Å². The molecule has 1 saturated heterocycles. The third kappa shape index (κ3) is 10.9. The molecular weight excluding hydrogens is 392 g/mol. The average Bonchev–Trinajstić information content (AvgIpc) is 3.41. The fraction of sp³-hybridized carbons (Fsp3) is 0.800. The number of esters is 1. The number of methoxy groups -OCH3 is 1. The number of rotatable bonds is 15. The van der Waals surface area contributed by atoms with Crippen molar-refractivity contribution in [3.8, 4) is 0 Å². The van der Waals surface area contributed by atoms with Gasteiger partial charge < -0.3 is 13.9 Å². The van der Waals surface area contributed by atoms with Gasteiger partial charge in [0, 0.05) is 0 Å². The van der Waals surface area contributed by atoms with E-state index in [1.54, 1.807) is 0 Å². The van der Waals surface area contributed by atoms with Gasteiger partial charge in [0.2, 0.25) is 0 Å². The highest BCUT2D eigenvalue weighted by atomic mass is 28.4. The van der Waals surface area contributed by atoms with Crippen LogP contribution in [-0.4, -0.2) is 39.7 Å². The van der Waals surface area contributed by atoms with Crippen molar-refractivity contribution in [1.29, 1.82) is 0 Å². The predicted molar refractivity (Wildman–Crippen MR) is 128 cm³/mol. The minimum absolute atomic E-state index is 0.0966. The number of hydrogen-bond donors (Lipinski definition) is 0. The van der Waals surface area contributed by atoms with E-state index in [0.717, 1.165) is 6.42 Å². The minimum Gasteiger partial charge on any atom is -0.469 e. The molecule has 0 aromatic heterocycles. The van der Waals surface area contributed by atoms with Gasteiger partial charge in [0.15, 0.2) is 8.32 Å². The molecule has 0 bridgehead atoms. The molecule has 0 aromatic carbocycles. The SMILES string of the molecule is CCCCCCCC[C@H]1O[C@H]1C/C=C/C=C\[C@@H](CC(=O)OC)O[Si](C)(C)C(C)(C)C. The molecule has 1 aliphatic rings. The summed E-state index contributed by atoms with van der Waals surface area (Å²) in [4.78, 5) is 11.8. The molecule has 0 aliphatic carbocycles. The first kappa shape index (κ1) is 27.1. The summed E-state index contributed by atoms with van der Waals surface area (Å²) in [6.07, 6.45) is 19.2. The topological polar surface area (TPSA) is 48.1 Å². The highest BCUT2D eigenvalue weighted by molar-refractivity contribution is 6.74. The van der Waals surface area contributed by atoms with Gasteiger partial charge >= 0.3 is 5.97 Å². The average molecular weight is 439 g/mol. The van der Waals surface area contributed by atoms with Crippen molar-refractivity contribution in [3.63, 3.8) is 0 Å². The first-order valence-corrected chi connectivity index (χ1v) is 14.7. The zero-order valence-electron chi connectivity index (χ0n) is 20.5. The zero-order valence-corrected chi connectivity index (χ0v) is 21.5. The van der Waals surface area contributed by atoms with Crippen molar-refractivity contribution in [2.24, 2.45) is 0 Å². The number of epoxide rings is 1. The van der Waals surface area contributed by atoms with Crippen LogP contribution >= 0.6 is 0 Å². The van der Waals surface area contributed by atoms with E-state index in [0.29, 0.717) is 12.2 Å². The summed E-state index contributed by atoms with van der Waals surface area (Å²) < 4.78 is 17.0. The molecule has 0 spiro atoms. The Morgan fingerprint density at radius 3 is 2.37 bits per heavy atom. The molecule has 0 saturated carbocycles. The molecule has 0 N–H and O–H groups in total. The Balaban J connectivity index is 2.37. The second kappa shape index (κ2) is 13.5. The number of carbonyl (C=O) groups is 1. The minimum atomic E-state index is -1.96. The monoisotopic (exact) mass is 438 g/mol. The van der Waals surface area contributed by atoms with E-state index in [2.05, 4.69) is 46.9 Å². The quantitative estimate of drug-likeness (QED) is 0.0911. The van der Waals surface area contributed by atoms with Crippen molar-refractivity contribution in [3.05, 3.63) is 24.3 Å². The summed E-state index contributed by atoms with van der Waals surface area (Å²) in [7, 11) is -0.537. The van der Waals surface area contributed by atoms with Crippen molar-refractivity contribution in [2.45, 2.75) is 122 Å². The third-order valence-corrected chi connectivity index (χ3v) is 10.8. The molecule has 30 heavy (non-hydrogen) atoms. The predicted octanol–water partition coefficient (Wildman–Crippen LogP) is 6.96. The van der Waals surface area contributed by atoms with Crippen LogP contribution in [0, 0.1) is 0 Å². The van der Waals surface area contributed by atoms with Crippen molar-refractivity contribution < 1.29 is 18.7 Å². The van der Waals surface area contributed by atoms with E-state index in [1.165, 1.54) is 52.1 Å². The highest BCUT2D eigenvalue weighted by Crippen LogP contribution is 2.37. The molecule has 4 nitrogen and oxygen atoms in total. The Kier molecular flexibility index (Phi) is 12.2. The molecule has 0 unspecified atom stereocenters. The van der Waals surface area contributed by atoms with Crippen molar-refractivity contribution >= 4 is 14.3 Å². The smallest absolute Gasteiger partial charge is 0.308 e. The van der Waals surface area contributed by atoms with Crippen LogP contribution in [0.25, 0.3) is 0 Å². The lowest BCUT2D eigenvalue weighted by Gasteiger charge is -2.38. The maximum Gasteiger partial charge on any atom is 0.308 e. The molecule has 174 valence electrons. The van der Waals surface area contributed by atoms with Gasteiger partial charge in [-0.25, -0.2) is 0 Å². The van der Waals surface area contributed by atoms with Gasteiger partial charge in [-0.2, -0.15) is 0 Å². The van der Waals surface area contributed by atoms with Crippen LogP contribution in [0.5, 0.6) is 0 Å². The summed E-state index contributed by atoms with van der Waals surface area (Å²) >= 11 is 0. The molecule has 1 rings (SSSR count). The summed E-state index contributed by atoms with van der Waals surface area (Å²) in [6, 6.07) is 0. The number of hydrogen-bond acceptors (Lipinski definition) is 4. The van der Waals surface area contributed by atoms with E-state index in [1.807, 2.05) is 18.2 Å². The van der Waals surface area contributed by atoms with E-state index in [9.17, 15) is 4.79 Å². The van der Waals surface area contributed by atoms with Crippen LogP contribution in [0.2, 0.25) is 18.1 Å². The first-order chi connectivity index (χ1) is 14.1. The molecule has 5 heteroatoms. The van der Waals surface area contributed by atoms with Gasteiger partial charge in [0.05, 0.1) is 31.8 Å². The molecule has 0 amide bonds. The normalized spacial score (nSPS) is 20.8. The summed E-state index contributed by atoms with van der Waals surface area (Å²) in [6.45, 7) is 13.3. The number of allylic oxidation sites excluding steroid dienone is 2. The second-order valence-corrected chi connectivity index (χ2v) is 14.8. The van der Waals surface area contributed by atoms with Crippen LogP contribution in [0.15, 0.2) is 24.3 Å². The van der Waals surface area contributed by atoms with E-state index in [4.69, 9.17) is 13.9 Å². The Labute approximate surface area is 186 Å². The fourth-order valence-corrected chi connectivity index (χ4v) is 4.47. The second-order valence-electron chi connectivity index (χ2n) is 10.0. The molecule has 0 aromatic rings. The molecule has 3 atom stereocenters. The first-order valence-electron chi connectivity index (χ1n) is 11.8. The fourth-order valence-electron chi connectivity index (χ4n) is 3.20. The Morgan fingerprint density at radius 2 is 1.73 bits per heavy atom. The maximum atomic E-state index is 11.8. The van der Waals surface area contributed by atoms with E-state index < -0.39 is 8.32 Å². The van der Waals surface area contributed by atoms with Gasteiger partial charge in [-0.3, -0.25) is 4.79 Å². The van der Waals surface area contributed by atoms with Crippen LogP contribution < -0.4 is 0 Å². The van der Waals surface area contributed by atoms with Gasteiger partial charge in [0.1, 0.15) is 0 Å². The zero-order chi connectivity index (χ0) is 22.6. The standard InChI is InChI=1S/C25H46O4Si/c1-8-9-10-11-12-15-18-22-23(28-22)19-16-13-14-17-21(20-24(26)27-5)29-30(6,7)25(2,3)4/h13-14,16-17,21-23H,8-12,15,18-20H2,1-7H3/b16-13+,17-14-/t21-,22+,23-/m0/s1. The Bertz CT molecular complexity index is 548. The van der Waals surface area contributed by atoms with Crippen LogP contribution in [-0.2, 0) is 18.7 Å². The van der Waals surface area contributed by atoms with Gasteiger partial charge in [-0.05, 0) is 31.0 Å². The lowest BCUT2D eigenvalue weighted by Crippen LogP contribution is -2.44. The molecular formula is C25H46O4Si. The van der Waals surface area contributed by atoms with Gasteiger partial charge in [-0.1, -0.05) is 90.5 Å². The van der Waals surface area contributed by atoms with Gasteiger partial charge in [-0.15, -0.1) is 0 Å². The lowest BCUT2D eigenvalue weighted by molar-refractivity contribution is -0.142. The number of ether oxygens (including phenoxy) is 2. The van der Waals surface area contributed by atoms with Crippen LogP contribution in [0.4, 0.5) is 0 Å². The number of carbonyl (C=O) groups excluding carboxylic acids is 1. The van der Waals surface area contributed by atoms with Crippen LogP contribution in [0.3, 0.4) is 0 Å². The summed E-state index contributed by atoms with van der Waals surface area (Å²) in [5.41, 5.74) is 0. The van der Waals surface area contributed by atoms with Gasteiger partial charge in [0.25, 0.3) is 0 Å². The Morgan fingerprint density at radius 1 is 1.07 bits per heavy atom. The Hall–Kier alpha value is -0.913. The van der Waals surface area contributed by atoms with Crippen LogP contribution in [0.1, 0.15) is 85.5 Å². The van der Waals surface area contributed by atoms with E-state index in [-0.39, 0.29) is 23.5 Å². The summed E-state index contributed by atoms with van der Waals surface area (Å²) in [5, 5.41) is 0.0966. The molecule has 0 radical (unpaired) electrons. The van der Waals surface area contributed by atoms with Crippen molar-refractivity contribution in [1.82, 2.24) is 0 Å². The maximum absolute atomic E-state index is 11.8. The highest BCUT2D eigenvalue weighted by Gasteiger charge is 2.39. The lowest BCUT2D eigenvalue weighted by atomic mass is 10.1. The summed E-state index contributed by atoms with van der Waals surface area (Å²) in [5.74, 6) is -0.240. The third-order valence-electron chi connectivity index (χ3n) is 6.32. The number of unbranched alkanes of at least 4 members (excludes halogenated alkanes) is 5. The molecule has 1 aliphatic heterocycles.